The van der Waals surface area contributed by atoms with Crippen molar-refractivity contribution in [2.45, 2.75) is 25.2 Å². The first kappa shape index (κ1) is 13.7. The number of carbonyl (C=O) groups excluding carboxylic acids is 1. The largest absolute Gasteiger partial charge is 0.370 e. The Morgan fingerprint density at radius 3 is 2.53 bits per heavy atom. The van der Waals surface area contributed by atoms with Crippen LogP contribution in [0.2, 0.25) is 0 Å². The Balaban J connectivity index is 2.86. The molecule has 1 amide bonds. The average Bonchev–Trinajstić information content (AvgIpc) is 2.15. The second-order valence-corrected chi connectivity index (χ2v) is 5.62. The lowest BCUT2D eigenvalue weighted by Crippen LogP contribution is -2.28. The van der Waals surface area contributed by atoms with Crippen molar-refractivity contribution in [3.63, 3.8) is 0 Å². The summed E-state index contributed by atoms with van der Waals surface area (Å²) in [7, 11) is -3.56. The van der Waals surface area contributed by atoms with Crippen LogP contribution in [0, 0.1) is 13.8 Å². The fraction of sp³-hybridized carbons (Fsp3) is 0.364. The quantitative estimate of drug-likeness (QED) is 0.802. The number of nitrogens with one attached hydrogen (secondary N) is 1. The van der Waals surface area contributed by atoms with Gasteiger partial charge in [-0.15, -0.1) is 0 Å². The molecule has 0 aliphatic heterocycles. The molecule has 0 saturated heterocycles. The maximum absolute atomic E-state index is 11.9. The van der Waals surface area contributed by atoms with E-state index in [9.17, 15) is 13.2 Å². The van der Waals surface area contributed by atoms with E-state index >= 15 is 0 Å². The summed E-state index contributed by atoms with van der Waals surface area (Å²) >= 11 is 0. The number of nitrogens with two attached hydrogens (primary N) is 1. The van der Waals surface area contributed by atoms with Gasteiger partial charge >= 0.3 is 0 Å². The first-order valence-electron chi connectivity index (χ1n) is 5.18. The summed E-state index contributed by atoms with van der Waals surface area (Å²) in [5, 5.41) is 0. The van der Waals surface area contributed by atoms with Gasteiger partial charge in [0.05, 0.1) is 4.90 Å². The summed E-state index contributed by atoms with van der Waals surface area (Å²) in [5.41, 5.74) is 6.61. The molecule has 3 N–H and O–H groups in total. The van der Waals surface area contributed by atoms with E-state index < -0.39 is 15.9 Å². The first-order valence-corrected chi connectivity index (χ1v) is 6.66. The molecule has 1 aromatic rings. The fourth-order valence-electron chi connectivity index (χ4n) is 1.49. The van der Waals surface area contributed by atoms with Gasteiger partial charge < -0.3 is 5.73 Å². The third-order valence-corrected chi connectivity index (χ3v) is 3.90. The Morgan fingerprint density at radius 2 is 2.00 bits per heavy atom. The summed E-state index contributed by atoms with van der Waals surface area (Å²) in [6.45, 7) is 3.64. The number of carbonyl (C=O) groups is 1. The highest BCUT2D eigenvalue weighted by Crippen LogP contribution is 2.15. The molecule has 0 aromatic heterocycles. The summed E-state index contributed by atoms with van der Waals surface area (Å²) < 4.78 is 26.1. The molecule has 0 saturated carbocycles. The van der Waals surface area contributed by atoms with Crippen molar-refractivity contribution in [3.8, 4) is 0 Å². The zero-order chi connectivity index (χ0) is 13.1. The second kappa shape index (κ2) is 5.29. The van der Waals surface area contributed by atoms with E-state index in [4.69, 9.17) is 5.73 Å². The molecule has 6 heteroatoms. The number of aryl methyl sites for hydroxylation is 2. The van der Waals surface area contributed by atoms with Crippen LogP contribution in [0.5, 0.6) is 0 Å². The third-order valence-electron chi connectivity index (χ3n) is 2.28. The van der Waals surface area contributed by atoms with Gasteiger partial charge in [-0.25, -0.2) is 13.1 Å². The van der Waals surface area contributed by atoms with Crippen LogP contribution in [-0.4, -0.2) is 20.9 Å². The van der Waals surface area contributed by atoms with Gasteiger partial charge in [-0.1, -0.05) is 17.7 Å². The second-order valence-electron chi connectivity index (χ2n) is 3.88. The maximum atomic E-state index is 11.9. The van der Waals surface area contributed by atoms with Crippen molar-refractivity contribution in [1.82, 2.24) is 4.72 Å². The van der Waals surface area contributed by atoms with Crippen LogP contribution in [0.25, 0.3) is 0 Å². The van der Waals surface area contributed by atoms with Gasteiger partial charge in [-0.05, 0) is 25.5 Å². The summed E-state index contributed by atoms with van der Waals surface area (Å²) in [6.07, 6.45) is -0.00978. The number of sulfonamides is 1. The van der Waals surface area contributed by atoms with E-state index in [2.05, 4.69) is 4.72 Å². The van der Waals surface area contributed by atoms with Crippen LogP contribution in [-0.2, 0) is 14.8 Å². The number of hydrogen-bond donors (Lipinski definition) is 2. The van der Waals surface area contributed by atoms with Gasteiger partial charge in [0.1, 0.15) is 0 Å². The van der Waals surface area contributed by atoms with Crippen molar-refractivity contribution in [2.75, 3.05) is 6.54 Å². The third kappa shape index (κ3) is 3.83. The SMILES string of the molecule is Cc1ccc(S(=O)(=O)NCCC(N)=O)c(C)c1. The van der Waals surface area contributed by atoms with Gasteiger partial charge in [-0.3, -0.25) is 4.79 Å². The van der Waals surface area contributed by atoms with Crippen LogP contribution < -0.4 is 10.5 Å². The van der Waals surface area contributed by atoms with E-state index in [0.717, 1.165) is 5.56 Å². The molecule has 0 aliphatic carbocycles. The molecular formula is C11H16N2O3S. The maximum Gasteiger partial charge on any atom is 0.240 e. The summed E-state index contributed by atoms with van der Waals surface area (Å²) in [4.78, 5) is 10.7. The topological polar surface area (TPSA) is 89.3 Å². The molecule has 0 unspecified atom stereocenters. The standard InChI is InChI=1S/C11H16N2O3S/c1-8-3-4-10(9(2)7-8)17(15,16)13-6-5-11(12)14/h3-4,7,13H,5-6H2,1-2H3,(H2,12,14). The number of hydrogen-bond acceptors (Lipinski definition) is 3. The van der Waals surface area contributed by atoms with Gasteiger partial charge in [0.15, 0.2) is 0 Å². The Morgan fingerprint density at radius 1 is 1.35 bits per heavy atom. The smallest absolute Gasteiger partial charge is 0.240 e. The lowest BCUT2D eigenvalue weighted by molar-refractivity contribution is -0.117. The number of rotatable bonds is 5. The van der Waals surface area contributed by atoms with Crippen molar-refractivity contribution < 1.29 is 13.2 Å². The molecule has 17 heavy (non-hydrogen) atoms. The number of benzene rings is 1. The van der Waals surface area contributed by atoms with Gasteiger partial charge in [0.2, 0.25) is 15.9 Å². The van der Waals surface area contributed by atoms with Crippen LogP contribution >= 0.6 is 0 Å². The molecule has 0 spiro atoms. The van der Waals surface area contributed by atoms with Crippen molar-refractivity contribution in [1.29, 1.82) is 0 Å². The monoisotopic (exact) mass is 256 g/mol. The lowest BCUT2D eigenvalue weighted by atomic mass is 10.2. The molecule has 1 aromatic carbocycles. The Labute approximate surface area is 101 Å². The number of primary amides is 1. The van der Waals surface area contributed by atoms with Crippen LogP contribution in [0.3, 0.4) is 0 Å². The molecule has 0 radical (unpaired) electrons. The van der Waals surface area contributed by atoms with E-state index in [0.29, 0.717) is 5.56 Å². The van der Waals surface area contributed by atoms with E-state index in [1.165, 1.54) is 0 Å². The van der Waals surface area contributed by atoms with E-state index in [1.54, 1.807) is 25.1 Å². The molecule has 0 heterocycles. The van der Waals surface area contributed by atoms with Crippen LogP contribution in [0.1, 0.15) is 17.5 Å². The van der Waals surface area contributed by atoms with E-state index in [1.807, 2.05) is 6.92 Å². The van der Waals surface area contributed by atoms with Crippen LogP contribution in [0.15, 0.2) is 23.1 Å². The molecule has 5 nitrogen and oxygen atoms in total. The molecule has 0 atom stereocenters. The number of amides is 1. The molecule has 94 valence electrons. The minimum Gasteiger partial charge on any atom is -0.370 e. The van der Waals surface area contributed by atoms with E-state index in [-0.39, 0.29) is 17.9 Å². The highest BCUT2D eigenvalue weighted by Gasteiger charge is 2.16. The Hall–Kier alpha value is -1.40. The van der Waals surface area contributed by atoms with Crippen molar-refractivity contribution in [2.24, 2.45) is 5.73 Å². The molecule has 0 fully saturated rings. The van der Waals surface area contributed by atoms with Crippen LogP contribution in [0.4, 0.5) is 0 Å². The minimum atomic E-state index is -3.56. The van der Waals surface area contributed by atoms with Crippen molar-refractivity contribution in [3.05, 3.63) is 29.3 Å². The average molecular weight is 256 g/mol. The fourth-order valence-corrected chi connectivity index (χ4v) is 2.74. The Bertz CT molecular complexity index is 524. The van der Waals surface area contributed by atoms with Crippen molar-refractivity contribution >= 4 is 15.9 Å². The first-order chi connectivity index (χ1) is 7.83. The lowest BCUT2D eigenvalue weighted by Gasteiger charge is -2.09. The van der Waals surface area contributed by atoms with Gasteiger partial charge in [0, 0.05) is 13.0 Å². The zero-order valence-corrected chi connectivity index (χ0v) is 10.7. The molecule has 0 bridgehead atoms. The highest BCUT2D eigenvalue weighted by atomic mass is 32.2. The Kier molecular flexibility index (Phi) is 4.25. The minimum absolute atomic E-state index is 0.00978. The summed E-state index contributed by atoms with van der Waals surface area (Å²) in [6, 6.07) is 5.08. The molecule has 1 rings (SSSR count). The summed E-state index contributed by atoms with van der Waals surface area (Å²) in [5.74, 6) is -0.534. The normalized spacial score (nSPS) is 11.4. The molecular weight excluding hydrogens is 240 g/mol. The zero-order valence-electron chi connectivity index (χ0n) is 9.86. The van der Waals surface area contributed by atoms with Gasteiger partial charge in [-0.2, -0.15) is 0 Å². The predicted octanol–water partition coefficient (Wildman–Crippen LogP) is 0.457. The predicted molar refractivity (Wildman–Crippen MR) is 64.9 cm³/mol. The molecule has 0 aliphatic rings. The van der Waals surface area contributed by atoms with Gasteiger partial charge in [0.25, 0.3) is 0 Å². The highest BCUT2D eigenvalue weighted by molar-refractivity contribution is 7.89.